The lowest BCUT2D eigenvalue weighted by Crippen LogP contribution is -2.20. The quantitative estimate of drug-likeness (QED) is 0.675. The highest BCUT2D eigenvalue weighted by atomic mass is 16.3. The Bertz CT molecular complexity index is 997. The van der Waals surface area contributed by atoms with Crippen molar-refractivity contribution >= 4 is 21.7 Å². The van der Waals surface area contributed by atoms with Gasteiger partial charge < -0.3 is 14.8 Å². The van der Waals surface area contributed by atoms with E-state index >= 15 is 0 Å². The zero-order valence-corrected chi connectivity index (χ0v) is 12.6. The third-order valence-corrected chi connectivity index (χ3v) is 4.56. The van der Waals surface area contributed by atoms with Gasteiger partial charge in [-0.2, -0.15) is 0 Å². The van der Waals surface area contributed by atoms with Crippen molar-refractivity contribution in [3.8, 4) is 11.5 Å². The van der Waals surface area contributed by atoms with E-state index in [1.807, 2.05) is 26.0 Å². The largest absolute Gasteiger partial charge is 0.508 e. The van der Waals surface area contributed by atoms with Gasteiger partial charge in [-0.25, -0.2) is 0 Å². The van der Waals surface area contributed by atoms with E-state index in [-0.39, 0.29) is 23.1 Å². The Morgan fingerprint density at radius 1 is 0.909 bits per heavy atom. The molecule has 2 N–H and O–H groups in total. The first-order valence-electron chi connectivity index (χ1n) is 7.48. The molecule has 0 radical (unpaired) electrons. The molecule has 112 valence electrons. The van der Waals surface area contributed by atoms with E-state index in [4.69, 9.17) is 0 Å². The fourth-order valence-corrected chi connectivity index (χ4v) is 3.13. The van der Waals surface area contributed by atoms with Crippen molar-refractivity contribution in [1.82, 2.24) is 4.57 Å². The standard InChI is InChI=1S/C18H17NO3/c1-9-5-12-13-6-10(2)17(21)8-15(13)19(11-3-4-11)18(22)14(12)7-16(9)20/h5-8,11,20-21H,3-4H2,1-2H3. The second-order valence-electron chi connectivity index (χ2n) is 6.25. The van der Waals surface area contributed by atoms with Gasteiger partial charge in [0.15, 0.2) is 0 Å². The molecule has 22 heavy (non-hydrogen) atoms. The lowest BCUT2D eigenvalue weighted by atomic mass is 10.0. The molecule has 1 heterocycles. The minimum atomic E-state index is -0.0939. The van der Waals surface area contributed by atoms with Crippen LogP contribution in [0, 0.1) is 13.8 Å². The molecular formula is C18H17NO3. The van der Waals surface area contributed by atoms with Gasteiger partial charge in [0, 0.05) is 17.5 Å². The van der Waals surface area contributed by atoms with Crippen molar-refractivity contribution in [1.29, 1.82) is 0 Å². The van der Waals surface area contributed by atoms with Gasteiger partial charge in [-0.15, -0.1) is 0 Å². The van der Waals surface area contributed by atoms with Crippen LogP contribution in [0.3, 0.4) is 0 Å². The minimum absolute atomic E-state index is 0.0939. The molecule has 1 aliphatic rings. The third kappa shape index (κ3) is 1.73. The minimum Gasteiger partial charge on any atom is -0.508 e. The van der Waals surface area contributed by atoms with Crippen molar-refractivity contribution in [2.24, 2.45) is 0 Å². The molecule has 1 saturated carbocycles. The van der Waals surface area contributed by atoms with E-state index in [0.717, 1.165) is 40.3 Å². The monoisotopic (exact) mass is 295 g/mol. The zero-order chi connectivity index (χ0) is 15.6. The zero-order valence-electron chi connectivity index (χ0n) is 12.6. The molecule has 0 amide bonds. The predicted molar refractivity (Wildman–Crippen MR) is 86.8 cm³/mol. The Kier molecular flexibility index (Phi) is 2.55. The van der Waals surface area contributed by atoms with Crippen LogP contribution in [0.1, 0.15) is 30.0 Å². The van der Waals surface area contributed by atoms with E-state index in [0.29, 0.717) is 5.39 Å². The highest BCUT2D eigenvalue weighted by molar-refractivity contribution is 6.07. The number of pyridine rings is 1. The SMILES string of the molecule is Cc1cc2c(cc1O)c(=O)n(C1CC1)c1cc(O)c(C)cc21. The summed E-state index contributed by atoms with van der Waals surface area (Å²) in [7, 11) is 0. The second kappa shape index (κ2) is 4.26. The Labute approximate surface area is 127 Å². The number of rotatable bonds is 1. The van der Waals surface area contributed by atoms with Gasteiger partial charge >= 0.3 is 0 Å². The number of hydrogen-bond donors (Lipinski definition) is 2. The molecule has 0 atom stereocenters. The van der Waals surface area contributed by atoms with E-state index < -0.39 is 0 Å². The lowest BCUT2D eigenvalue weighted by molar-refractivity contribution is 0.471. The Hall–Kier alpha value is -2.49. The fourth-order valence-electron chi connectivity index (χ4n) is 3.13. The average molecular weight is 295 g/mol. The van der Waals surface area contributed by atoms with E-state index in [1.54, 1.807) is 16.7 Å². The highest BCUT2D eigenvalue weighted by Gasteiger charge is 2.28. The van der Waals surface area contributed by atoms with Crippen LogP contribution in [0.15, 0.2) is 29.1 Å². The number of phenols is 2. The van der Waals surface area contributed by atoms with Crippen LogP contribution in [0.5, 0.6) is 11.5 Å². The first kappa shape index (κ1) is 13.2. The third-order valence-electron chi connectivity index (χ3n) is 4.56. The summed E-state index contributed by atoms with van der Waals surface area (Å²) in [5.74, 6) is 0.345. The molecule has 0 aliphatic heterocycles. The van der Waals surface area contributed by atoms with Crippen LogP contribution < -0.4 is 5.56 Å². The fraction of sp³-hybridized carbons (Fsp3) is 0.278. The molecular weight excluding hydrogens is 278 g/mol. The summed E-state index contributed by atoms with van der Waals surface area (Å²) in [6.07, 6.45) is 1.96. The average Bonchev–Trinajstić information content (AvgIpc) is 3.28. The van der Waals surface area contributed by atoms with Gasteiger partial charge in [-0.05, 0) is 61.4 Å². The number of aryl methyl sites for hydroxylation is 2. The number of phenolic OH excluding ortho intramolecular Hbond substituents is 2. The maximum atomic E-state index is 12.9. The number of aromatic nitrogens is 1. The normalized spacial score (nSPS) is 14.8. The number of aromatic hydroxyl groups is 2. The Morgan fingerprint density at radius 2 is 1.50 bits per heavy atom. The van der Waals surface area contributed by atoms with Gasteiger partial charge in [-0.1, -0.05) is 0 Å². The van der Waals surface area contributed by atoms with Crippen LogP contribution in [-0.2, 0) is 0 Å². The summed E-state index contributed by atoms with van der Waals surface area (Å²) in [6, 6.07) is 7.22. The first-order chi connectivity index (χ1) is 10.5. The van der Waals surface area contributed by atoms with E-state index in [2.05, 4.69) is 0 Å². The van der Waals surface area contributed by atoms with E-state index in [1.165, 1.54) is 0 Å². The molecule has 1 aliphatic carbocycles. The molecule has 2 aromatic carbocycles. The van der Waals surface area contributed by atoms with Gasteiger partial charge in [0.05, 0.1) is 10.9 Å². The summed E-state index contributed by atoms with van der Waals surface area (Å²) in [5.41, 5.74) is 2.19. The van der Waals surface area contributed by atoms with Crippen molar-refractivity contribution in [2.45, 2.75) is 32.7 Å². The highest BCUT2D eigenvalue weighted by Crippen LogP contribution is 2.39. The first-order valence-corrected chi connectivity index (χ1v) is 7.48. The molecule has 0 bridgehead atoms. The molecule has 0 saturated heterocycles. The van der Waals surface area contributed by atoms with Crippen LogP contribution in [0.4, 0.5) is 0 Å². The molecule has 4 rings (SSSR count). The molecule has 1 fully saturated rings. The van der Waals surface area contributed by atoms with Gasteiger partial charge in [-0.3, -0.25) is 4.79 Å². The second-order valence-corrected chi connectivity index (χ2v) is 6.25. The van der Waals surface area contributed by atoms with Gasteiger partial charge in [0.25, 0.3) is 5.56 Å². The van der Waals surface area contributed by atoms with E-state index in [9.17, 15) is 15.0 Å². The topological polar surface area (TPSA) is 62.5 Å². The molecule has 4 nitrogen and oxygen atoms in total. The summed E-state index contributed by atoms with van der Waals surface area (Å²) in [6.45, 7) is 3.67. The molecule has 3 aromatic rings. The number of nitrogens with zero attached hydrogens (tertiary/aromatic N) is 1. The maximum Gasteiger partial charge on any atom is 0.259 e. The smallest absolute Gasteiger partial charge is 0.259 e. The lowest BCUT2D eigenvalue weighted by Gasteiger charge is -2.15. The van der Waals surface area contributed by atoms with Crippen LogP contribution in [-0.4, -0.2) is 14.8 Å². The summed E-state index contributed by atoms with van der Waals surface area (Å²) in [5, 5.41) is 22.3. The van der Waals surface area contributed by atoms with Crippen LogP contribution in [0.2, 0.25) is 0 Å². The maximum absolute atomic E-state index is 12.9. The summed E-state index contributed by atoms with van der Waals surface area (Å²) >= 11 is 0. The number of hydrogen-bond acceptors (Lipinski definition) is 3. The van der Waals surface area contributed by atoms with Crippen LogP contribution >= 0.6 is 0 Å². The molecule has 1 aromatic heterocycles. The number of benzene rings is 2. The Balaban J connectivity index is 2.29. The number of fused-ring (bicyclic) bond motifs is 3. The van der Waals surface area contributed by atoms with Crippen LogP contribution in [0.25, 0.3) is 21.7 Å². The van der Waals surface area contributed by atoms with Crippen molar-refractivity contribution in [2.75, 3.05) is 0 Å². The van der Waals surface area contributed by atoms with Gasteiger partial charge in [0.1, 0.15) is 11.5 Å². The van der Waals surface area contributed by atoms with Crippen molar-refractivity contribution in [3.05, 3.63) is 45.7 Å². The van der Waals surface area contributed by atoms with Crippen molar-refractivity contribution < 1.29 is 10.2 Å². The van der Waals surface area contributed by atoms with Crippen molar-refractivity contribution in [3.63, 3.8) is 0 Å². The molecule has 4 heteroatoms. The summed E-state index contributed by atoms with van der Waals surface area (Å²) in [4.78, 5) is 12.9. The summed E-state index contributed by atoms with van der Waals surface area (Å²) < 4.78 is 1.77. The predicted octanol–water partition coefficient (Wildman–Crippen LogP) is 3.52. The molecule has 0 unspecified atom stereocenters. The molecule has 0 spiro atoms. The Morgan fingerprint density at radius 3 is 2.14 bits per heavy atom. The van der Waals surface area contributed by atoms with Gasteiger partial charge in [0.2, 0.25) is 0 Å².